The molecule has 2 rings (SSSR count). The number of benzene rings is 1. The zero-order valence-corrected chi connectivity index (χ0v) is 12.5. The zero-order valence-electron chi connectivity index (χ0n) is 10.9. The smallest absolute Gasteiger partial charge is 0.142 e. The van der Waals surface area contributed by atoms with E-state index in [0.717, 1.165) is 34.0 Å². The molecule has 100 valence electrons. The molecule has 0 radical (unpaired) electrons. The number of nitrogens with one attached hydrogen (secondary N) is 2. The molecule has 1 aromatic carbocycles. The average molecular weight is 322 g/mol. The zero-order chi connectivity index (χ0) is 13.7. The summed E-state index contributed by atoms with van der Waals surface area (Å²) in [6.07, 6.45) is 1.77. The summed E-state index contributed by atoms with van der Waals surface area (Å²) < 4.78 is 6.33. The third kappa shape index (κ3) is 3.61. The van der Waals surface area contributed by atoms with Gasteiger partial charge in [-0.25, -0.2) is 4.98 Å². The van der Waals surface area contributed by atoms with Gasteiger partial charge < -0.3 is 15.4 Å². The molecule has 2 N–H and O–H groups in total. The monoisotopic (exact) mass is 321 g/mol. The standard InChI is InChI=1S/C14H16BrN3O/c1-3-16-14-9-11(6-7-17-14)18-12-8-10(15)4-5-13(12)19-2/h4-9H,3H2,1-2H3,(H2,16,17,18). The molecule has 0 atom stereocenters. The third-order valence-electron chi connectivity index (χ3n) is 2.56. The molecule has 0 fully saturated rings. The van der Waals surface area contributed by atoms with Crippen molar-refractivity contribution in [3.63, 3.8) is 0 Å². The normalized spacial score (nSPS) is 10.1. The van der Waals surface area contributed by atoms with Gasteiger partial charge in [0, 0.05) is 29.0 Å². The van der Waals surface area contributed by atoms with E-state index in [0.29, 0.717) is 0 Å². The van der Waals surface area contributed by atoms with Gasteiger partial charge in [-0.15, -0.1) is 0 Å². The van der Waals surface area contributed by atoms with E-state index in [1.54, 1.807) is 13.3 Å². The van der Waals surface area contributed by atoms with Crippen LogP contribution in [0.1, 0.15) is 6.92 Å². The van der Waals surface area contributed by atoms with E-state index in [4.69, 9.17) is 4.74 Å². The summed E-state index contributed by atoms with van der Waals surface area (Å²) in [5.41, 5.74) is 1.87. The maximum absolute atomic E-state index is 5.34. The van der Waals surface area contributed by atoms with E-state index in [1.165, 1.54) is 0 Å². The Hall–Kier alpha value is -1.75. The highest BCUT2D eigenvalue weighted by Crippen LogP contribution is 2.30. The first kappa shape index (κ1) is 13.7. The molecule has 0 bridgehead atoms. The van der Waals surface area contributed by atoms with Crippen LogP contribution in [-0.2, 0) is 0 Å². The molecule has 0 spiro atoms. The molecule has 0 saturated heterocycles. The van der Waals surface area contributed by atoms with Gasteiger partial charge in [-0.1, -0.05) is 15.9 Å². The molecule has 4 nitrogen and oxygen atoms in total. The van der Waals surface area contributed by atoms with Crippen LogP contribution in [-0.4, -0.2) is 18.6 Å². The Bertz CT molecular complexity index is 560. The quantitative estimate of drug-likeness (QED) is 0.872. The number of rotatable bonds is 5. The predicted molar refractivity (Wildman–Crippen MR) is 82.4 cm³/mol. The molecule has 0 aliphatic rings. The van der Waals surface area contributed by atoms with Crippen molar-refractivity contribution in [3.8, 4) is 5.75 Å². The van der Waals surface area contributed by atoms with Crippen molar-refractivity contribution >= 4 is 33.1 Å². The Morgan fingerprint density at radius 2 is 2.11 bits per heavy atom. The highest BCUT2D eigenvalue weighted by molar-refractivity contribution is 9.10. The second kappa shape index (κ2) is 6.43. The van der Waals surface area contributed by atoms with E-state index in [2.05, 4.69) is 31.5 Å². The highest BCUT2D eigenvalue weighted by Gasteiger charge is 2.04. The van der Waals surface area contributed by atoms with Crippen molar-refractivity contribution in [1.82, 2.24) is 4.98 Å². The van der Waals surface area contributed by atoms with Gasteiger partial charge in [0.1, 0.15) is 11.6 Å². The second-order valence-electron chi connectivity index (χ2n) is 3.93. The van der Waals surface area contributed by atoms with Crippen molar-refractivity contribution in [2.75, 3.05) is 24.3 Å². The highest BCUT2D eigenvalue weighted by atomic mass is 79.9. The number of nitrogens with zero attached hydrogens (tertiary/aromatic N) is 1. The number of aromatic nitrogens is 1. The summed E-state index contributed by atoms with van der Waals surface area (Å²) in [4.78, 5) is 4.24. The Morgan fingerprint density at radius 3 is 2.84 bits per heavy atom. The molecular formula is C14H16BrN3O. The molecular weight excluding hydrogens is 306 g/mol. The minimum atomic E-state index is 0.796. The molecule has 0 amide bonds. The van der Waals surface area contributed by atoms with Crippen LogP contribution in [0.4, 0.5) is 17.2 Å². The number of anilines is 3. The first-order valence-corrected chi connectivity index (χ1v) is 6.82. The van der Waals surface area contributed by atoms with Crippen molar-refractivity contribution in [3.05, 3.63) is 41.0 Å². The molecule has 1 heterocycles. The SMILES string of the molecule is CCNc1cc(Nc2cc(Br)ccc2OC)ccn1. The average Bonchev–Trinajstić information content (AvgIpc) is 2.40. The van der Waals surface area contributed by atoms with Gasteiger partial charge in [0.15, 0.2) is 0 Å². The Kier molecular flexibility index (Phi) is 4.63. The lowest BCUT2D eigenvalue weighted by Crippen LogP contribution is -2.00. The number of ether oxygens (including phenoxy) is 1. The topological polar surface area (TPSA) is 46.2 Å². The molecule has 2 aromatic rings. The van der Waals surface area contributed by atoms with Crippen molar-refractivity contribution < 1.29 is 4.74 Å². The molecule has 0 saturated carbocycles. The second-order valence-corrected chi connectivity index (χ2v) is 4.85. The molecule has 0 aliphatic heterocycles. The number of hydrogen-bond donors (Lipinski definition) is 2. The summed E-state index contributed by atoms with van der Waals surface area (Å²) in [6, 6.07) is 9.72. The van der Waals surface area contributed by atoms with E-state index in [1.807, 2.05) is 37.3 Å². The van der Waals surface area contributed by atoms with E-state index in [9.17, 15) is 0 Å². The van der Waals surface area contributed by atoms with Crippen LogP contribution in [0, 0.1) is 0 Å². The molecule has 0 unspecified atom stereocenters. The first-order chi connectivity index (χ1) is 9.22. The minimum Gasteiger partial charge on any atom is -0.495 e. The van der Waals surface area contributed by atoms with Gasteiger partial charge >= 0.3 is 0 Å². The molecule has 1 aromatic heterocycles. The third-order valence-corrected chi connectivity index (χ3v) is 3.05. The number of halogens is 1. The fourth-order valence-corrected chi connectivity index (χ4v) is 2.08. The summed E-state index contributed by atoms with van der Waals surface area (Å²) in [7, 11) is 1.66. The van der Waals surface area contributed by atoms with Gasteiger partial charge in [-0.05, 0) is 31.2 Å². The molecule has 5 heteroatoms. The fourth-order valence-electron chi connectivity index (χ4n) is 1.72. The van der Waals surface area contributed by atoms with E-state index >= 15 is 0 Å². The first-order valence-electron chi connectivity index (χ1n) is 6.03. The van der Waals surface area contributed by atoms with Crippen molar-refractivity contribution in [2.24, 2.45) is 0 Å². The Labute approximate surface area is 121 Å². The Morgan fingerprint density at radius 1 is 1.26 bits per heavy atom. The van der Waals surface area contributed by atoms with Crippen LogP contribution < -0.4 is 15.4 Å². The van der Waals surface area contributed by atoms with Crippen LogP contribution in [0.3, 0.4) is 0 Å². The summed E-state index contributed by atoms with van der Waals surface area (Å²) >= 11 is 3.46. The van der Waals surface area contributed by atoms with Gasteiger partial charge in [-0.3, -0.25) is 0 Å². The predicted octanol–water partition coefficient (Wildman–Crippen LogP) is 4.03. The number of methoxy groups -OCH3 is 1. The number of pyridine rings is 1. The van der Waals surface area contributed by atoms with Gasteiger partial charge in [0.25, 0.3) is 0 Å². The molecule has 19 heavy (non-hydrogen) atoms. The van der Waals surface area contributed by atoms with Gasteiger partial charge in [0.2, 0.25) is 0 Å². The lowest BCUT2D eigenvalue weighted by atomic mass is 10.2. The van der Waals surface area contributed by atoms with Crippen LogP contribution in [0.2, 0.25) is 0 Å². The van der Waals surface area contributed by atoms with Crippen LogP contribution in [0.15, 0.2) is 41.0 Å². The van der Waals surface area contributed by atoms with E-state index in [-0.39, 0.29) is 0 Å². The van der Waals surface area contributed by atoms with Crippen LogP contribution in [0.25, 0.3) is 0 Å². The van der Waals surface area contributed by atoms with Crippen LogP contribution >= 0.6 is 15.9 Å². The van der Waals surface area contributed by atoms with Crippen molar-refractivity contribution in [2.45, 2.75) is 6.92 Å². The summed E-state index contributed by atoms with van der Waals surface area (Å²) in [5.74, 6) is 1.64. The molecule has 0 aliphatic carbocycles. The minimum absolute atomic E-state index is 0.796. The van der Waals surface area contributed by atoms with Gasteiger partial charge in [-0.2, -0.15) is 0 Å². The van der Waals surface area contributed by atoms with Crippen molar-refractivity contribution in [1.29, 1.82) is 0 Å². The fraction of sp³-hybridized carbons (Fsp3) is 0.214. The van der Waals surface area contributed by atoms with Gasteiger partial charge in [0.05, 0.1) is 12.8 Å². The van der Waals surface area contributed by atoms with E-state index < -0.39 is 0 Å². The lowest BCUT2D eigenvalue weighted by molar-refractivity contribution is 0.417. The maximum Gasteiger partial charge on any atom is 0.142 e. The van der Waals surface area contributed by atoms with Crippen LogP contribution in [0.5, 0.6) is 5.75 Å². The largest absolute Gasteiger partial charge is 0.495 e. The lowest BCUT2D eigenvalue weighted by Gasteiger charge is -2.12. The number of hydrogen-bond acceptors (Lipinski definition) is 4. The maximum atomic E-state index is 5.34. The Balaban J connectivity index is 2.25. The summed E-state index contributed by atoms with van der Waals surface area (Å²) in [5, 5.41) is 6.51. The summed E-state index contributed by atoms with van der Waals surface area (Å²) in [6.45, 7) is 2.88.